The van der Waals surface area contributed by atoms with Gasteiger partial charge in [-0.15, -0.1) is 0 Å². The second kappa shape index (κ2) is 5.97. The van der Waals surface area contributed by atoms with Gasteiger partial charge in [-0.1, -0.05) is 0 Å². The highest BCUT2D eigenvalue weighted by Gasteiger charge is 2.26. The van der Waals surface area contributed by atoms with E-state index in [2.05, 4.69) is 27.3 Å². The van der Waals surface area contributed by atoms with Crippen molar-refractivity contribution in [3.63, 3.8) is 0 Å². The first kappa shape index (κ1) is 13.9. The van der Waals surface area contributed by atoms with Crippen molar-refractivity contribution in [3.05, 3.63) is 27.8 Å². The molecule has 16 heavy (non-hydrogen) atoms. The van der Waals surface area contributed by atoms with E-state index in [9.17, 15) is 17.4 Å². The Morgan fingerprint density at radius 2 is 1.81 bits per heavy atom. The highest BCUT2D eigenvalue weighted by Crippen LogP contribution is 2.18. The van der Waals surface area contributed by atoms with Gasteiger partial charge in [-0.3, -0.25) is 0 Å². The van der Waals surface area contributed by atoms with E-state index < -0.39 is 23.6 Å². The molecule has 0 aliphatic carbocycles. The summed E-state index contributed by atoms with van der Waals surface area (Å²) in [5.74, 6) is 0. The van der Waals surface area contributed by atoms with Crippen molar-refractivity contribution < 1.29 is 17.4 Å². The van der Waals surface area contributed by atoms with Crippen LogP contribution >= 0.6 is 22.6 Å². The second-order valence-electron chi connectivity index (χ2n) is 2.98. The van der Waals surface area contributed by atoms with Crippen LogP contribution < -0.4 is 4.72 Å². The van der Waals surface area contributed by atoms with Gasteiger partial charge in [0.2, 0.25) is 0 Å². The van der Waals surface area contributed by atoms with E-state index in [1.165, 1.54) is 0 Å². The van der Waals surface area contributed by atoms with Gasteiger partial charge < -0.3 is 0 Å². The predicted molar refractivity (Wildman–Crippen MR) is 64.2 cm³/mol. The second-order valence-corrected chi connectivity index (χ2v) is 5.53. The van der Waals surface area contributed by atoms with Crippen molar-refractivity contribution in [1.82, 2.24) is 4.72 Å². The van der Waals surface area contributed by atoms with Crippen LogP contribution in [0.3, 0.4) is 0 Å². The van der Waals surface area contributed by atoms with Gasteiger partial charge in [-0.2, -0.15) is 13.2 Å². The highest BCUT2D eigenvalue weighted by atomic mass is 127. The molecule has 1 N–H and O–H groups in total. The maximum absolute atomic E-state index is 11.8. The number of nitrogens with one attached hydrogen (secondary N) is 1. The van der Waals surface area contributed by atoms with Gasteiger partial charge in [-0.25, -0.2) is 8.93 Å². The summed E-state index contributed by atoms with van der Waals surface area (Å²) in [6.45, 7) is -0.345. The lowest BCUT2D eigenvalue weighted by molar-refractivity contribution is -0.132. The Balaban J connectivity index is 2.44. The number of benzene rings is 1. The van der Waals surface area contributed by atoms with Gasteiger partial charge in [0.1, 0.15) is 11.0 Å². The lowest BCUT2D eigenvalue weighted by Crippen LogP contribution is -2.23. The maximum atomic E-state index is 11.8. The van der Waals surface area contributed by atoms with E-state index in [0.29, 0.717) is 4.90 Å². The van der Waals surface area contributed by atoms with Gasteiger partial charge in [0, 0.05) is 10.1 Å². The molecule has 7 heteroatoms. The predicted octanol–water partition coefficient (Wildman–Crippen LogP) is 2.86. The minimum absolute atomic E-state index is 0.345. The molecule has 0 aliphatic rings. The third-order valence-corrected chi connectivity index (χ3v) is 3.56. The average molecular weight is 363 g/mol. The summed E-state index contributed by atoms with van der Waals surface area (Å²) >= 11 is 2.09. The van der Waals surface area contributed by atoms with Crippen molar-refractivity contribution in [3.8, 4) is 0 Å². The van der Waals surface area contributed by atoms with Crippen LogP contribution in [-0.4, -0.2) is 16.9 Å². The fourth-order valence-corrected chi connectivity index (χ4v) is 2.12. The van der Waals surface area contributed by atoms with Crippen molar-refractivity contribution in [2.75, 3.05) is 6.54 Å². The normalized spacial score (nSPS) is 13.8. The van der Waals surface area contributed by atoms with Gasteiger partial charge in [0.05, 0.1) is 11.3 Å². The Bertz CT molecular complexity index is 366. The lowest BCUT2D eigenvalue weighted by atomic mass is 10.4. The zero-order chi connectivity index (χ0) is 12.2. The molecule has 2 nitrogen and oxygen atoms in total. The molecule has 1 aromatic carbocycles. The number of rotatable bonds is 4. The van der Waals surface area contributed by atoms with Crippen LogP contribution in [0.25, 0.3) is 0 Å². The molecular formula is C9H9F3INOS. The van der Waals surface area contributed by atoms with Crippen LogP contribution in [0.5, 0.6) is 0 Å². The van der Waals surface area contributed by atoms with Crippen LogP contribution in [0.4, 0.5) is 13.2 Å². The Morgan fingerprint density at radius 1 is 1.25 bits per heavy atom. The maximum Gasteiger partial charge on any atom is 0.390 e. The molecule has 0 bridgehead atoms. The van der Waals surface area contributed by atoms with E-state index in [0.717, 1.165) is 3.57 Å². The van der Waals surface area contributed by atoms with Crippen LogP contribution in [0.1, 0.15) is 6.42 Å². The first-order valence-electron chi connectivity index (χ1n) is 4.36. The quantitative estimate of drug-likeness (QED) is 0.820. The Labute approximate surface area is 107 Å². The van der Waals surface area contributed by atoms with Crippen molar-refractivity contribution in [1.29, 1.82) is 0 Å². The van der Waals surface area contributed by atoms with Gasteiger partial charge in [0.15, 0.2) is 0 Å². The molecule has 1 unspecified atom stereocenters. The zero-order valence-electron chi connectivity index (χ0n) is 8.05. The van der Waals surface area contributed by atoms with Crippen molar-refractivity contribution >= 4 is 33.6 Å². The Kier molecular flexibility index (Phi) is 5.19. The molecule has 0 aromatic heterocycles. The van der Waals surface area contributed by atoms with Crippen LogP contribution in [-0.2, 0) is 11.0 Å². The molecule has 0 saturated heterocycles. The molecule has 90 valence electrons. The summed E-state index contributed by atoms with van der Waals surface area (Å²) in [5.41, 5.74) is 0. The van der Waals surface area contributed by atoms with E-state index in [-0.39, 0.29) is 6.54 Å². The molecule has 1 rings (SSSR count). The number of hydrogen-bond acceptors (Lipinski definition) is 1. The van der Waals surface area contributed by atoms with Crippen LogP contribution in [0.15, 0.2) is 29.2 Å². The number of alkyl halides is 3. The Morgan fingerprint density at radius 3 is 2.31 bits per heavy atom. The van der Waals surface area contributed by atoms with E-state index in [1.807, 2.05) is 0 Å². The summed E-state index contributed by atoms with van der Waals surface area (Å²) < 4.78 is 50.2. The molecule has 0 spiro atoms. The largest absolute Gasteiger partial charge is 0.390 e. The molecule has 0 radical (unpaired) electrons. The minimum atomic E-state index is -4.22. The van der Waals surface area contributed by atoms with Gasteiger partial charge in [0.25, 0.3) is 0 Å². The van der Waals surface area contributed by atoms with Crippen LogP contribution in [0, 0.1) is 3.57 Å². The highest BCUT2D eigenvalue weighted by molar-refractivity contribution is 14.1. The molecule has 1 atom stereocenters. The molecule has 0 heterocycles. The lowest BCUT2D eigenvalue weighted by Gasteiger charge is -2.07. The molecule has 0 amide bonds. The summed E-state index contributed by atoms with van der Waals surface area (Å²) in [6.07, 6.45) is -5.20. The average Bonchev–Trinajstić information content (AvgIpc) is 2.16. The summed E-state index contributed by atoms with van der Waals surface area (Å²) in [4.78, 5) is 0.475. The summed E-state index contributed by atoms with van der Waals surface area (Å²) in [5, 5.41) is 0. The molecule has 0 saturated carbocycles. The third kappa shape index (κ3) is 5.26. The van der Waals surface area contributed by atoms with Gasteiger partial charge in [-0.05, 0) is 46.9 Å². The minimum Gasteiger partial charge on any atom is -0.238 e. The Hall–Kier alpha value is -0.150. The van der Waals surface area contributed by atoms with Crippen molar-refractivity contribution in [2.24, 2.45) is 0 Å². The van der Waals surface area contributed by atoms with E-state index in [4.69, 9.17) is 0 Å². The molecule has 0 aliphatic heterocycles. The summed E-state index contributed by atoms with van der Waals surface area (Å²) in [6, 6.07) is 6.75. The third-order valence-electron chi connectivity index (χ3n) is 1.67. The first-order chi connectivity index (χ1) is 7.38. The molecule has 1 aromatic rings. The van der Waals surface area contributed by atoms with Crippen LogP contribution in [0.2, 0.25) is 0 Å². The van der Waals surface area contributed by atoms with E-state index >= 15 is 0 Å². The SMILES string of the molecule is O=S(NCCC(F)(F)F)c1ccc(I)cc1. The summed E-state index contributed by atoms with van der Waals surface area (Å²) in [7, 11) is -1.58. The molecular weight excluding hydrogens is 354 g/mol. The van der Waals surface area contributed by atoms with Gasteiger partial charge >= 0.3 is 6.18 Å². The monoisotopic (exact) mass is 363 g/mol. The first-order valence-corrected chi connectivity index (χ1v) is 6.59. The smallest absolute Gasteiger partial charge is 0.238 e. The topological polar surface area (TPSA) is 29.1 Å². The zero-order valence-corrected chi connectivity index (χ0v) is 11.0. The fraction of sp³-hybridized carbons (Fsp3) is 0.333. The molecule has 0 fully saturated rings. The standard InChI is InChI=1S/C9H9F3INOS/c10-9(11,12)5-6-14-16(15)8-3-1-7(13)2-4-8/h1-4,14H,5-6H2. The van der Waals surface area contributed by atoms with E-state index in [1.54, 1.807) is 24.3 Å². The van der Waals surface area contributed by atoms with Crippen molar-refractivity contribution in [2.45, 2.75) is 17.5 Å². The number of halogens is 4. The fourth-order valence-electron chi connectivity index (χ4n) is 0.927. The number of hydrogen-bond donors (Lipinski definition) is 1.